The van der Waals surface area contributed by atoms with Crippen LogP contribution in [0.1, 0.15) is 24.3 Å². The van der Waals surface area contributed by atoms with Crippen molar-refractivity contribution in [3.63, 3.8) is 0 Å². The number of aryl methyl sites for hydroxylation is 1. The van der Waals surface area contributed by atoms with Crippen LogP contribution >= 0.6 is 11.8 Å². The highest BCUT2D eigenvalue weighted by atomic mass is 32.2. The maximum absolute atomic E-state index is 10.8. The molecule has 0 bridgehead atoms. The molecule has 2 atom stereocenters. The lowest BCUT2D eigenvalue weighted by Gasteiger charge is -2.07. The number of aliphatic carboxylic acids is 1. The number of carboxylic acid groups (broad SMARTS) is 1. The summed E-state index contributed by atoms with van der Waals surface area (Å²) < 4.78 is 1.89. The average molecular weight is 241 g/mol. The standard InChI is InChI=1S/C10H15N3O2S/c1-2-3-13-5-7(4-11-13)9-12-8(6-16-9)10(14)15/h4-5,8-9,12H,2-3,6H2,1H3,(H,14,15). The van der Waals surface area contributed by atoms with Crippen molar-refractivity contribution in [1.29, 1.82) is 0 Å². The molecule has 2 heterocycles. The SMILES string of the molecule is CCCn1cc(C2NC(C(=O)O)CS2)cn1. The highest BCUT2D eigenvalue weighted by molar-refractivity contribution is 7.99. The quantitative estimate of drug-likeness (QED) is 0.825. The van der Waals surface area contributed by atoms with E-state index in [9.17, 15) is 4.79 Å². The number of thioether (sulfide) groups is 1. The van der Waals surface area contributed by atoms with Crippen LogP contribution in [0.3, 0.4) is 0 Å². The Morgan fingerprint density at radius 3 is 3.25 bits per heavy atom. The lowest BCUT2D eigenvalue weighted by molar-refractivity contribution is -0.138. The first-order valence-corrected chi connectivity index (χ1v) is 6.38. The summed E-state index contributed by atoms with van der Waals surface area (Å²) in [7, 11) is 0. The number of rotatable bonds is 4. The second kappa shape index (κ2) is 4.88. The number of hydrogen-bond donors (Lipinski definition) is 2. The second-order valence-corrected chi connectivity index (χ2v) is 4.95. The van der Waals surface area contributed by atoms with E-state index in [1.807, 2.05) is 17.1 Å². The van der Waals surface area contributed by atoms with Gasteiger partial charge >= 0.3 is 5.97 Å². The first-order chi connectivity index (χ1) is 7.70. The Balaban J connectivity index is 2.00. The van der Waals surface area contributed by atoms with Crippen molar-refractivity contribution < 1.29 is 9.90 Å². The van der Waals surface area contributed by atoms with Crippen LogP contribution < -0.4 is 5.32 Å². The van der Waals surface area contributed by atoms with Gasteiger partial charge in [-0.05, 0) is 6.42 Å². The Morgan fingerprint density at radius 2 is 2.62 bits per heavy atom. The van der Waals surface area contributed by atoms with Gasteiger partial charge in [0.2, 0.25) is 0 Å². The number of aromatic nitrogens is 2. The molecule has 2 rings (SSSR count). The topological polar surface area (TPSA) is 67.2 Å². The molecule has 0 aromatic carbocycles. The van der Waals surface area contributed by atoms with Gasteiger partial charge in [0.15, 0.2) is 0 Å². The molecule has 0 amide bonds. The van der Waals surface area contributed by atoms with Crippen molar-refractivity contribution in [2.75, 3.05) is 5.75 Å². The van der Waals surface area contributed by atoms with Gasteiger partial charge in [-0.25, -0.2) is 0 Å². The van der Waals surface area contributed by atoms with Gasteiger partial charge in [-0.3, -0.25) is 14.8 Å². The predicted octanol–water partition coefficient (Wildman–Crippen LogP) is 1.08. The van der Waals surface area contributed by atoms with Crippen molar-refractivity contribution in [2.45, 2.75) is 31.3 Å². The van der Waals surface area contributed by atoms with E-state index in [1.54, 1.807) is 11.8 Å². The van der Waals surface area contributed by atoms with Crippen molar-refractivity contribution in [3.8, 4) is 0 Å². The lowest BCUT2D eigenvalue weighted by atomic mass is 10.3. The van der Waals surface area contributed by atoms with Crippen LogP contribution in [-0.2, 0) is 11.3 Å². The molecule has 0 aliphatic carbocycles. The lowest BCUT2D eigenvalue weighted by Crippen LogP contribution is -2.33. The summed E-state index contributed by atoms with van der Waals surface area (Å²) in [5, 5.41) is 16.2. The summed E-state index contributed by atoms with van der Waals surface area (Å²) in [5.74, 6) is -0.171. The van der Waals surface area contributed by atoms with Gasteiger partial charge in [0, 0.05) is 24.1 Å². The molecule has 0 spiro atoms. The summed E-state index contributed by atoms with van der Waals surface area (Å²) in [6, 6.07) is -0.440. The molecular weight excluding hydrogens is 226 g/mol. The number of hydrogen-bond acceptors (Lipinski definition) is 4. The van der Waals surface area contributed by atoms with Gasteiger partial charge in [0.05, 0.1) is 11.6 Å². The Bertz CT molecular complexity index is 380. The minimum Gasteiger partial charge on any atom is -0.480 e. The number of carbonyl (C=O) groups is 1. The van der Waals surface area contributed by atoms with Crippen LogP contribution in [-0.4, -0.2) is 32.7 Å². The molecule has 1 aromatic heterocycles. The summed E-state index contributed by atoms with van der Waals surface area (Å²) >= 11 is 1.62. The van der Waals surface area contributed by atoms with Crippen LogP contribution in [0.5, 0.6) is 0 Å². The van der Waals surface area contributed by atoms with Gasteiger partial charge < -0.3 is 5.11 Å². The third-order valence-corrected chi connectivity index (χ3v) is 3.76. The third kappa shape index (κ3) is 2.38. The van der Waals surface area contributed by atoms with Crippen LogP contribution in [0.2, 0.25) is 0 Å². The fourth-order valence-electron chi connectivity index (χ4n) is 1.67. The Kier molecular flexibility index (Phi) is 3.50. The van der Waals surface area contributed by atoms with Crippen LogP contribution in [0.25, 0.3) is 0 Å². The summed E-state index contributed by atoms with van der Waals surface area (Å²) in [6.45, 7) is 3.00. The zero-order chi connectivity index (χ0) is 11.5. The van der Waals surface area contributed by atoms with Gasteiger partial charge in [-0.2, -0.15) is 5.10 Å². The van der Waals surface area contributed by atoms with Crippen molar-refractivity contribution >= 4 is 17.7 Å². The number of carboxylic acids is 1. The number of nitrogens with zero attached hydrogens (tertiary/aromatic N) is 2. The summed E-state index contributed by atoms with van der Waals surface area (Å²) in [4.78, 5) is 10.8. The molecule has 1 aliphatic rings. The van der Waals surface area contributed by atoms with Gasteiger partial charge in [-0.1, -0.05) is 6.92 Å². The van der Waals surface area contributed by atoms with E-state index in [2.05, 4.69) is 17.3 Å². The molecule has 88 valence electrons. The molecule has 1 fully saturated rings. The molecule has 0 saturated carbocycles. The maximum Gasteiger partial charge on any atom is 0.321 e. The van der Waals surface area contributed by atoms with Crippen LogP contribution in [0, 0.1) is 0 Å². The smallest absolute Gasteiger partial charge is 0.321 e. The first-order valence-electron chi connectivity index (χ1n) is 5.33. The summed E-state index contributed by atoms with van der Waals surface area (Å²) in [6.07, 6.45) is 4.84. The molecular formula is C10H15N3O2S. The maximum atomic E-state index is 10.8. The third-order valence-electron chi connectivity index (χ3n) is 2.49. The van der Waals surface area contributed by atoms with Gasteiger partial charge in [-0.15, -0.1) is 11.8 Å². The minimum absolute atomic E-state index is 0.0618. The van der Waals surface area contributed by atoms with E-state index in [1.165, 1.54) is 0 Å². The predicted molar refractivity (Wildman–Crippen MR) is 62.3 cm³/mol. The van der Waals surface area contributed by atoms with Crippen LogP contribution in [0.15, 0.2) is 12.4 Å². The van der Waals surface area contributed by atoms with Crippen molar-refractivity contribution in [2.24, 2.45) is 0 Å². The molecule has 0 radical (unpaired) electrons. The largest absolute Gasteiger partial charge is 0.480 e. The fraction of sp³-hybridized carbons (Fsp3) is 0.600. The van der Waals surface area contributed by atoms with Crippen molar-refractivity contribution in [3.05, 3.63) is 18.0 Å². The minimum atomic E-state index is -0.782. The molecule has 1 aromatic rings. The molecule has 2 N–H and O–H groups in total. The summed E-state index contributed by atoms with van der Waals surface area (Å²) in [5.41, 5.74) is 1.06. The second-order valence-electron chi connectivity index (χ2n) is 3.81. The monoisotopic (exact) mass is 241 g/mol. The average Bonchev–Trinajstić information content (AvgIpc) is 2.84. The molecule has 5 nitrogen and oxygen atoms in total. The van der Waals surface area contributed by atoms with E-state index >= 15 is 0 Å². The molecule has 2 unspecified atom stereocenters. The van der Waals surface area contributed by atoms with E-state index in [0.29, 0.717) is 5.75 Å². The van der Waals surface area contributed by atoms with Gasteiger partial charge in [0.25, 0.3) is 0 Å². The van der Waals surface area contributed by atoms with E-state index in [-0.39, 0.29) is 5.37 Å². The highest BCUT2D eigenvalue weighted by Crippen LogP contribution is 2.32. The van der Waals surface area contributed by atoms with Gasteiger partial charge in [0.1, 0.15) is 6.04 Å². The van der Waals surface area contributed by atoms with E-state index in [4.69, 9.17) is 5.11 Å². The Hall–Kier alpha value is -1.01. The Morgan fingerprint density at radius 1 is 1.81 bits per heavy atom. The molecule has 16 heavy (non-hydrogen) atoms. The molecule has 6 heteroatoms. The molecule has 1 aliphatic heterocycles. The Labute approximate surface area is 98.2 Å². The van der Waals surface area contributed by atoms with Crippen LogP contribution in [0.4, 0.5) is 0 Å². The van der Waals surface area contributed by atoms with E-state index < -0.39 is 12.0 Å². The zero-order valence-corrected chi connectivity index (χ0v) is 9.91. The zero-order valence-electron chi connectivity index (χ0n) is 9.09. The molecule has 1 saturated heterocycles. The first kappa shape index (κ1) is 11.5. The van der Waals surface area contributed by atoms with E-state index in [0.717, 1.165) is 18.5 Å². The van der Waals surface area contributed by atoms with Crippen molar-refractivity contribution in [1.82, 2.24) is 15.1 Å². The highest BCUT2D eigenvalue weighted by Gasteiger charge is 2.30. The normalized spacial score (nSPS) is 24.8. The number of nitrogens with one attached hydrogen (secondary N) is 1. The fourth-order valence-corrected chi connectivity index (χ4v) is 2.87.